The third kappa shape index (κ3) is 4.50. The van der Waals surface area contributed by atoms with Gasteiger partial charge >= 0.3 is 0 Å². The number of rotatable bonds is 1. The zero-order valence-electron chi connectivity index (χ0n) is 15.3. The average molecular weight is 344 g/mol. The van der Waals surface area contributed by atoms with Crippen LogP contribution in [-0.4, -0.2) is 59.8 Å². The van der Waals surface area contributed by atoms with Gasteiger partial charge in [0.25, 0.3) is 0 Å². The summed E-state index contributed by atoms with van der Waals surface area (Å²) >= 11 is 0. The molecule has 2 bridgehead atoms. The Morgan fingerprint density at radius 3 is 2.80 bits per heavy atom. The molecule has 2 amide bonds. The third-order valence-corrected chi connectivity index (χ3v) is 5.20. The van der Waals surface area contributed by atoms with E-state index in [2.05, 4.69) is 10.3 Å². The molecule has 1 aliphatic heterocycles. The summed E-state index contributed by atoms with van der Waals surface area (Å²) in [5.41, 5.74) is 0.780. The number of carbonyl (C=O) groups excluding carboxylic acids is 2. The number of aromatic nitrogens is 1. The van der Waals surface area contributed by atoms with E-state index in [9.17, 15) is 9.59 Å². The summed E-state index contributed by atoms with van der Waals surface area (Å²) in [6.45, 7) is 4.24. The van der Waals surface area contributed by atoms with Gasteiger partial charge in [-0.25, -0.2) is 4.98 Å². The maximum atomic E-state index is 12.8. The van der Waals surface area contributed by atoms with Crippen molar-refractivity contribution < 1.29 is 9.59 Å². The molecule has 1 N–H and O–H groups in total. The highest BCUT2D eigenvalue weighted by Crippen LogP contribution is 2.46. The van der Waals surface area contributed by atoms with Gasteiger partial charge in [0, 0.05) is 37.8 Å². The summed E-state index contributed by atoms with van der Waals surface area (Å²) in [6, 6.07) is 6.00. The highest BCUT2D eigenvalue weighted by molar-refractivity contribution is 5.89. The molecule has 1 fully saturated rings. The van der Waals surface area contributed by atoms with E-state index in [0.717, 1.165) is 50.2 Å². The van der Waals surface area contributed by atoms with Gasteiger partial charge < -0.3 is 15.1 Å². The van der Waals surface area contributed by atoms with Crippen LogP contribution in [-0.2, 0) is 16.0 Å². The summed E-state index contributed by atoms with van der Waals surface area (Å²) in [6.07, 6.45) is 4.33. The predicted octanol–water partition coefficient (Wildman–Crippen LogP) is 1.92. The Bertz CT molecular complexity index is 642. The van der Waals surface area contributed by atoms with Gasteiger partial charge in [-0.2, -0.15) is 0 Å². The molecule has 2 aliphatic rings. The Morgan fingerprint density at radius 2 is 2.04 bits per heavy atom. The molecule has 0 unspecified atom stereocenters. The maximum absolute atomic E-state index is 12.8. The normalized spacial score (nSPS) is 21.3. The van der Waals surface area contributed by atoms with E-state index in [1.165, 1.54) is 0 Å². The van der Waals surface area contributed by atoms with Gasteiger partial charge in [0.1, 0.15) is 5.82 Å². The summed E-state index contributed by atoms with van der Waals surface area (Å²) in [5, 5.41) is 3.32. The van der Waals surface area contributed by atoms with Gasteiger partial charge in [0.2, 0.25) is 11.8 Å². The predicted molar refractivity (Wildman–Crippen MR) is 97.2 cm³/mol. The first-order valence-corrected chi connectivity index (χ1v) is 9.21. The molecule has 1 aliphatic carbocycles. The molecule has 25 heavy (non-hydrogen) atoms. The van der Waals surface area contributed by atoms with Crippen LogP contribution in [0, 0.1) is 5.41 Å². The van der Waals surface area contributed by atoms with Crippen molar-refractivity contribution in [3.8, 4) is 0 Å². The molecule has 6 heteroatoms. The number of hydrogen-bond acceptors (Lipinski definition) is 4. The van der Waals surface area contributed by atoms with Crippen molar-refractivity contribution in [1.82, 2.24) is 14.8 Å². The Balaban J connectivity index is 1.74. The highest BCUT2D eigenvalue weighted by Gasteiger charge is 2.47. The number of anilines is 1. The van der Waals surface area contributed by atoms with Crippen LogP contribution in [0.4, 0.5) is 5.82 Å². The van der Waals surface area contributed by atoms with Crippen LogP contribution in [0.1, 0.15) is 38.3 Å². The first kappa shape index (κ1) is 17.7. The monoisotopic (exact) mass is 344 g/mol. The molecule has 0 spiro atoms. The number of pyridine rings is 1. The van der Waals surface area contributed by atoms with Gasteiger partial charge in [0.15, 0.2) is 0 Å². The van der Waals surface area contributed by atoms with Crippen molar-refractivity contribution >= 4 is 17.6 Å². The van der Waals surface area contributed by atoms with Crippen LogP contribution in [0.5, 0.6) is 0 Å². The van der Waals surface area contributed by atoms with E-state index in [1.807, 2.05) is 32.2 Å². The lowest BCUT2D eigenvalue weighted by atomic mass is 10.1. The molecular formula is C19H28N4O2. The molecule has 0 saturated heterocycles. The summed E-state index contributed by atoms with van der Waals surface area (Å²) in [4.78, 5) is 33.4. The number of fused-ring (bicyclic) bond motifs is 2. The standard InChI is InChI=1S/C19H28N4O2/c1-19(9-10-19)18(25)23-13-4-7-15-6-3-8-16(21-15)20-11-5-12-22(2)17(24)14-23/h3,6,8H,4-5,7,9-14H2,1-2H3,(H,20,21). The molecule has 2 heterocycles. The van der Waals surface area contributed by atoms with Crippen molar-refractivity contribution in [2.24, 2.45) is 5.41 Å². The largest absolute Gasteiger partial charge is 0.370 e. The van der Waals surface area contributed by atoms with E-state index in [-0.39, 0.29) is 23.8 Å². The molecule has 1 aromatic heterocycles. The van der Waals surface area contributed by atoms with Crippen LogP contribution < -0.4 is 5.32 Å². The topological polar surface area (TPSA) is 65.5 Å². The number of likely N-dealkylation sites (N-methyl/N-ethyl adjacent to an activating group) is 1. The Labute approximate surface area is 149 Å². The van der Waals surface area contributed by atoms with Crippen molar-refractivity contribution in [1.29, 1.82) is 0 Å². The van der Waals surface area contributed by atoms with E-state index >= 15 is 0 Å². The average Bonchev–Trinajstić information content (AvgIpc) is 3.35. The van der Waals surface area contributed by atoms with Crippen LogP contribution >= 0.6 is 0 Å². The first-order valence-electron chi connectivity index (χ1n) is 9.21. The molecule has 1 aromatic rings. The van der Waals surface area contributed by atoms with E-state index < -0.39 is 0 Å². The fraction of sp³-hybridized carbons (Fsp3) is 0.632. The van der Waals surface area contributed by atoms with Gasteiger partial charge in [-0.1, -0.05) is 13.0 Å². The van der Waals surface area contributed by atoms with Gasteiger partial charge in [-0.05, 0) is 44.2 Å². The zero-order chi connectivity index (χ0) is 17.9. The number of carbonyl (C=O) groups is 2. The fourth-order valence-electron chi connectivity index (χ4n) is 3.15. The van der Waals surface area contributed by atoms with Crippen molar-refractivity contribution in [3.05, 3.63) is 23.9 Å². The smallest absolute Gasteiger partial charge is 0.241 e. The lowest BCUT2D eigenvalue weighted by Crippen LogP contribution is -2.45. The van der Waals surface area contributed by atoms with Crippen LogP contribution in [0.25, 0.3) is 0 Å². The molecule has 6 nitrogen and oxygen atoms in total. The lowest BCUT2D eigenvalue weighted by molar-refractivity contribution is -0.143. The fourth-order valence-corrected chi connectivity index (χ4v) is 3.15. The second-order valence-electron chi connectivity index (χ2n) is 7.50. The van der Waals surface area contributed by atoms with Gasteiger partial charge in [-0.15, -0.1) is 0 Å². The molecule has 136 valence electrons. The van der Waals surface area contributed by atoms with Gasteiger partial charge in [0.05, 0.1) is 6.54 Å². The van der Waals surface area contributed by atoms with Crippen molar-refractivity contribution in [2.45, 2.75) is 39.0 Å². The number of hydrogen-bond donors (Lipinski definition) is 1. The number of aryl methyl sites for hydroxylation is 1. The minimum absolute atomic E-state index is 0.0197. The van der Waals surface area contributed by atoms with Crippen LogP contribution in [0.3, 0.4) is 0 Å². The third-order valence-electron chi connectivity index (χ3n) is 5.20. The van der Waals surface area contributed by atoms with E-state index in [0.29, 0.717) is 13.1 Å². The maximum Gasteiger partial charge on any atom is 0.241 e. The lowest BCUT2D eigenvalue weighted by Gasteiger charge is -2.28. The summed E-state index contributed by atoms with van der Waals surface area (Å²) in [5.74, 6) is 1.03. The second-order valence-corrected chi connectivity index (χ2v) is 7.50. The van der Waals surface area contributed by atoms with E-state index in [1.54, 1.807) is 9.80 Å². The molecular weight excluding hydrogens is 316 g/mol. The summed E-state index contributed by atoms with van der Waals surface area (Å²) in [7, 11) is 1.81. The van der Waals surface area contributed by atoms with Crippen LogP contribution in [0.2, 0.25) is 0 Å². The minimum atomic E-state index is -0.244. The molecule has 3 rings (SSSR count). The molecule has 0 atom stereocenters. The Hall–Kier alpha value is -2.11. The Kier molecular flexibility index (Phi) is 5.25. The SMILES string of the molecule is CN1CCCNc2cccc(n2)CCCN(C(=O)C2(C)CC2)CC1=O. The van der Waals surface area contributed by atoms with Crippen LogP contribution in [0.15, 0.2) is 18.2 Å². The summed E-state index contributed by atoms with van der Waals surface area (Å²) < 4.78 is 0. The van der Waals surface area contributed by atoms with Gasteiger partial charge in [-0.3, -0.25) is 9.59 Å². The molecule has 0 aromatic carbocycles. The zero-order valence-corrected chi connectivity index (χ0v) is 15.3. The Morgan fingerprint density at radius 1 is 1.24 bits per heavy atom. The second kappa shape index (κ2) is 7.42. The highest BCUT2D eigenvalue weighted by atomic mass is 16.2. The minimum Gasteiger partial charge on any atom is -0.370 e. The van der Waals surface area contributed by atoms with E-state index in [4.69, 9.17) is 0 Å². The van der Waals surface area contributed by atoms with Crippen molar-refractivity contribution in [2.75, 3.05) is 38.5 Å². The van der Waals surface area contributed by atoms with Crippen molar-refractivity contribution in [3.63, 3.8) is 0 Å². The number of nitrogens with one attached hydrogen (secondary N) is 1. The molecule has 1 saturated carbocycles. The quantitative estimate of drug-likeness (QED) is 0.845. The number of nitrogens with zero attached hydrogens (tertiary/aromatic N) is 3. The molecule has 0 radical (unpaired) electrons. The first-order chi connectivity index (χ1) is 12.0. The number of amides is 2.